The van der Waals surface area contributed by atoms with Gasteiger partial charge in [-0.3, -0.25) is 5.73 Å². The molecular weight excluding hydrogens is 132 g/mol. The van der Waals surface area contributed by atoms with E-state index in [1.54, 1.807) is 6.20 Å². The van der Waals surface area contributed by atoms with Gasteiger partial charge in [-0.05, 0) is 0 Å². The van der Waals surface area contributed by atoms with Crippen molar-refractivity contribution in [2.24, 2.45) is 5.73 Å². The third-order valence-corrected chi connectivity index (χ3v) is 1.53. The van der Waals surface area contributed by atoms with E-state index in [0.29, 0.717) is 9.86 Å². The van der Waals surface area contributed by atoms with Crippen LogP contribution in [0.5, 0.6) is 0 Å². The van der Waals surface area contributed by atoms with Crippen molar-refractivity contribution in [1.29, 1.82) is 0 Å². The molecule has 1 radical (unpaired) electrons. The van der Waals surface area contributed by atoms with Gasteiger partial charge >= 0.3 is 0 Å². The second kappa shape index (κ2) is 1.94. The maximum Gasteiger partial charge on any atom is 0.187 e. The summed E-state index contributed by atoms with van der Waals surface area (Å²) in [5.41, 5.74) is 5.90. The monoisotopic (exact) mass is 135 g/mol. The van der Waals surface area contributed by atoms with Gasteiger partial charge in [0.2, 0.25) is 0 Å². The second-order valence-electron chi connectivity index (χ2n) is 1.06. The van der Waals surface area contributed by atoms with Crippen LogP contribution in [0.15, 0.2) is 10.6 Å². The smallest absolute Gasteiger partial charge is 0.187 e. The van der Waals surface area contributed by atoms with Crippen molar-refractivity contribution in [3.05, 3.63) is 16.1 Å². The highest BCUT2D eigenvalue weighted by Gasteiger charge is 2.10. The molecule has 0 saturated carbocycles. The summed E-state index contributed by atoms with van der Waals surface area (Å²) in [6.07, 6.45) is 1.65. The van der Waals surface area contributed by atoms with Crippen molar-refractivity contribution in [3.8, 4) is 0 Å². The molecule has 0 aromatic carbocycles. The van der Waals surface area contributed by atoms with Gasteiger partial charge in [0.05, 0.1) is 4.36 Å². The maximum absolute atomic E-state index is 5.47. The number of nitrogens with two attached hydrogens (primary N) is 1. The third-order valence-electron chi connectivity index (χ3n) is 0.535. The molecule has 7 heavy (non-hydrogen) atoms. The van der Waals surface area contributed by atoms with E-state index >= 15 is 0 Å². The van der Waals surface area contributed by atoms with Crippen molar-refractivity contribution in [1.82, 2.24) is 5.32 Å². The van der Waals surface area contributed by atoms with Crippen LogP contribution in [0.4, 0.5) is 0 Å². The van der Waals surface area contributed by atoms with E-state index in [-0.39, 0.29) is 0 Å². The molecule has 0 spiro atoms. The predicted octanol–water partition coefficient (Wildman–Crippen LogP) is 0.766. The molecule has 0 fully saturated rings. The number of halogens is 1. The first kappa shape index (κ1) is 5.28. The summed E-state index contributed by atoms with van der Waals surface area (Å²) in [5, 5.41) is 2.73. The highest BCUT2D eigenvalue weighted by atomic mass is 35.5. The Morgan fingerprint density at radius 3 is 2.71 bits per heavy atom. The van der Waals surface area contributed by atoms with Gasteiger partial charge in [0.1, 0.15) is 0 Å². The van der Waals surface area contributed by atoms with Crippen LogP contribution in [0.1, 0.15) is 0 Å². The van der Waals surface area contributed by atoms with Gasteiger partial charge in [-0.25, -0.2) is 0 Å². The molecule has 4 heteroatoms. The van der Waals surface area contributed by atoms with E-state index in [1.807, 2.05) is 0 Å². The summed E-state index contributed by atoms with van der Waals surface area (Å²) in [7, 11) is 0. The normalized spacial score (nSPS) is 21.7. The predicted molar refractivity (Wildman–Crippen MR) is 32.1 cm³/mol. The minimum absolute atomic E-state index is 0.644. The van der Waals surface area contributed by atoms with Gasteiger partial charge in [-0.15, -0.1) is 0 Å². The van der Waals surface area contributed by atoms with Crippen LogP contribution in [0.3, 0.4) is 0 Å². The molecule has 1 aliphatic heterocycles. The molecule has 39 valence electrons. The van der Waals surface area contributed by atoms with Gasteiger partial charge in [0.25, 0.3) is 0 Å². The quantitative estimate of drug-likeness (QED) is 0.515. The number of thioether (sulfide) groups is 1. The van der Waals surface area contributed by atoms with E-state index < -0.39 is 0 Å². The van der Waals surface area contributed by atoms with Crippen LogP contribution >= 0.6 is 23.4 Å². The lowest BCUT2D eigenvalue weighted by Gasteiger charge is -1.94. The van der Waals surface area contributed by atoms with Crippen molar-refractivity contribution < 1.29 is 0 Å². The molecule has 0 atom stereocenters. The average molecular weight is 136 g/mol. The Hall–Kier alpha value is 0.140. The van der Waals surface area contributed by atoms with E-state index in [4.69, 9.17) is 17.3 Å². The Morgan fingerprint density at radius 1 is 1.86 bits per heavy atom. The Bertz CT molecular complexity index is 103. The summed E-state index contributed by atoms with van der Waals surface area (Å²) in [6.45, 7) is 0. The van der Waals surface area contributed by atoms with Gasteiger partial charge < -0.3 is 5.32 Å². The van der Waals surface area contributed by atoms with Gasteiger partial charge in [0.15, 0.2) is 5.50 Å². The fourth-order valence-electron chi connectivity index (χ4n) is 0.292. The van der Waals surface area contributed by atoms with Crippen LogP contribution < -0.4 is 11.1 Å². The van der Waals surface area contributed by atoms with Crippen molar-refractivity contribution in [3.63, 3.8) is 0 Å². The lowest BCUT2D eigenvalue weighted by atomic mass is 10.9. The van der Waals surface area contributed by atoms with Crippen LogP contribution in [-0.2, 0) is 0 Å². The lowest BCUT2D eigenvalue weighted by Crippen LogP contribution is -2.15. The lowest BCUT2D eigenvalue weighted by molar-refractivity contribution is 0.997. The number of nitrogens with one attached hydrogen (secondary N) is 1. The van der Waals surface area contributed by atoms with E-state index in [9.17, 15) is 0 Å². The molecule has 0 amide bonds. The molecule has 0 aromatic heterocycles. The van der Waals surface area contributed by atoms with Crippen LogP contribution in [0, 0.1) is 5.50 Å². The van der Waals surface area contributed by atoms with Crippen LogP contribution in [0.2, 0.25) is 0 Å². The second-order valence-corrected chi connectivity index (χ2v) is 2.77. The first-order valence-electron chi connectivity index (χ1n) is 1.71. The molecule has 0 saturated heterocycles. The standard InChI is InChI=1S/C3H4ClN2S/c4-2-1-6-3(5)7-2/h1,6H,5H2. The van der Waals surface area contributed by atoms with Crippen molar-refractivity contribution in [2.45, 2.75) is 0 Å². The van der Waals surface area contributed by atoms with Crippen LogP contribution in [0.25, 0.3) is 0 Å². The molecule has 1 rings (SSSR count). The fourth-order valence-corrected chi connectivity index (χ4v) is 1.04. The molecule has 0 aliphatic carbocycles. The molecule has 0 bridgehead atoms. The SMILES string of the molecule is N[C]1NC=C(Cl)S1. The van der Waals surface area contributed by atoms with Gasteiger partial charge in [-0.1, -0.05) is 23.4 Å². The molecule has 1 aliphatic rings. The third kappa shape index (κ3) is 1.26. The van der Waals surface area contributed by atoms with Gasteiger partial charge in [-0.2, -0.15) is 0 Å². The van der Waals surface area contributed by atoms with E-state index in [2.05, 4.69) is 5.32 Å². The molecule has 1 heterocycles. The molecule has 0 aromatic rings. The first-order chi connectivity index (χ1) is 3.29. The highest BCUT2D eigenvalue weighted by Crippen LogP contribution is 2.29. The summed E-state index contributed by atoms with van der Waals surface area (Å²) >= 11 is 6.80. The summed E-state index contributed by atoms with van der Waals surface area (Å²) in [4.78, 5) is 0. The summed E-state index contributed by atoms with van der Waals surface area (Å²) in [5.74, 6) is 0. The van der Waals surface area contributed by atoms with Crippen molar-refractivity contribution >= 4 is 23.4 Å². The Balaban J connectivity index is 2.42. The fraction of sp³-hybridized carbons (Fsp3) is 0. The van der Waals surface area contributed by atoms with Crippen molar-refractivity contribution in [2.75, 3.05) is 0 Å². The average Bonchev–Trinajstić information content (AvgIpc) is 1.87. The maximum atomic E-state index is 5.47. The molecule has 0 unspecified atom stereocenters. The number of hydrogen-bond acceptors (Lipinski definition) is 3. The first-order valence-corrected chi connectivity index (χ1v) is 2.91. The Morgan fingerprint density at radius 2 is 2.57 bits per heavy atom. The van der Waals surface area contributed by atoms with E-state index in [1.165, 1.54) is 11.8 Å². The van der Waals surface area contributed by atoms with Crippen LogP contribution in [-0.4, -0.2) is 0 Å². The Kier molecular flexibility index (Phi) is 1.46. The number of hydrogen-bond donors (Lipinski definition) is 2. The largest absolute Gasteiger partial charge is 0.359 e. The molecular formula is C3H4ClN2S. The summed E-state index contributed by atoms with van der Waals surface area (Å²) in [6, 6.07) is 0. The topological polar surface area (TPSA) is 38.0 Å². The minimum Gasteiger partial charge on any atom is -0.359 e. The Labute approximate surface area is 51.1 Å². The number of rotatable bonds is 0. The van der Waals surface area contributed by atoms with E-state index in [0.717, 1.165) is 0 Å². The zero-order chi connectivity index (χ0) is 5.28. The summed E-state index contributed by atoms with van der Waals surface area (Å²) < 4.78 is 0.692. The molecule has 3 N–H and O–H groups in total. The van der Waals surface area contributed by atoms with Gasteiger partial charge in [0, 0.05) is 6.20 Å². The highest BCUT2D eigenvalue weighted by molar-refractivity contribution is 8.07. The zero-order valence-corrected chi connectivity index (χ0v) is 5.01. The minimum atomic E-state index is 0.644. The molecule has 2 nitrogen and oxygen atoms in total. The zero-order valence-electron chi connectivity index (χ0n) is 3.44.